The number of aryl methyl sites for hydroxylation is 1. The summed E-state index contributed by atoms with van der Waals surface area (Å²) >= 11 is 15.4. The number of aliphatic hydroxyl groups excluding tert-OH is 1. The van der Waals surface area contributed by atoms with Gasteiger partial charge in [0, 0.05) is 16.9 Å². The first-order valence-corrected chi connectivity index (χ1v) is 8.08. The SMILES string of the molecule is Cc1cc(C(O)C(CN)c2ccc(Cl)c(Cl)c2)ccc1Br. The minimum Gasteiger partial charge on any atom is -0.388 e. The Hall–Kier alpha value is -0.580. The van der Waals surface area contributed by atoms with E-state index in [4.69, 9.17) is 28.9 Å². The van der Waals surface area contributed by atoms with Crippen molar-refractivity contribution in [3.63, 3.8) is 0 Å². The van der Waals surface area contributed by atoms with Crippen LogP contribution in [0.3, 0.4) is 0 Å². The second-order valence-electron chi connectivity index (χ2n) is 4.97. The zero-order chi connectivity index (χ0) is 15.6. The van der Waals surface area contributed by atoms with Gasteiger partial charge in [-0.1, -0.05) is 57.3 Å². The Morgan fingerprint density at radius 2 is 1.76 bits per heavy atom. The Labute approximate surface area is 143 Å². The molecule has 2 unspecified atom stereocenters. The molecule has 0 aliphatic carbocycles. The Morgan fingerprint density at radius 3 is 2.33 bits per heavy atom. The van der Waals surface area contributed by atoms with E-state index in [0.29, 0.717) is 16.6 Å². The van der Waals surface area contributed by atoms with Crippen molar-refractivity contribution in [1.29, 1.82) is 0 Å². The second kappa shape index (κ2) is 7.12. The molecule has 2 nitrogen and oxygen atoms in total. The summed E-state index contributed by atoms with van der Waals surface area (Å²) in [6, 6.07) is 11.1. The van der Waals surface area contributed by atoms with Gasteiger partial charge in [-0.25, -0.2) is 0 Å². The summed E-state index contributed by atoms with van der Waals surface area (Å²) in [6.07, 6.45) is -0.695. The first-order chi connectivity index (χ1) is 9.93. The van der Waals surface area contributed by atoms with Gasteiger partial charge in [-0.3, -0.25) is 0 Å². The maximum atomic E-state index is 10.6. The Bertz CT molecular complexity index is 648. The lowest BCUT2D eigenvalue weighted by Gasteiger charge is -2.23. The van der Waals surface area contributed by atoms with E-state index in [2.05, 4.69) is 15.9 Å². The van der Waals surface area contributed by atoms with Crippen molar-refractivity contribution in [2.75, 3.05) is 6.54 Å². The monoisotopic (exact) mass is 387 g/mol. The van der Waals surface area contributed by atoms with Crippen LogP contribution in [0.1, 0.15) is 28.7 Å². The number of hydrogen-bond acceptors (Lipinski definition) is 2. The van der Waals surface area contributed by atoms with E-state index >= 15 is 0 Å². The second-order valence-corrected chi connectivity index (χ2v) is 6.64. The maximum absolute atomic E-state index is 10.6. The average molecular weight is 389 g/mol. The van der Waals surface area contributed by atoms with Crippen LogP contribution in [0.4, 0.5) is 0 Å². The molecule has 0 spiro atoms. The Morgan fingerprint density at radius 1 is 1.10 bits per heavy atom. The third kappa shape index (κ3) is 3.79. The van der Waals surface area contributed by atoms with Crippen LogP contribution >= 0.6 is 39.1 Å². The van der Waals surface area contributed by atoms with Gasteiger partial charge >= 0.3 is 0 Å². The topological polar surface area (TPSA) is 46.2 Å². The van der Waals surface area contributed by atoms with E-state index in [0.717, 1.165) is 21.2 Å². The molecule has 0 aromatic heterocycles. The van der Waals surface area contributed by atoms with Gasteiger partial charge in [-0.2, -0.15) is 0 Å². The number of hydrogen-bond donors (Lipinski definition) is 2. The molecule has 2 aromatic rings. The predicted octanol–water partition coefficient (Wildman–Crippen LogP) is 4.84. The van der Waals surface area contributed by atoms with Gasteiger partial charge in [0.2, 0.25) is 0 Å². The molecule has 2 atom stereocenters. The van der Waals surface area contributed by atoms with Crippen LogP contribution in [-0.4, -0.2) is 11.7 Å². The zero-order valence-electron chi connectivity index (χ0n) is 11.5. The van der Waals surface area contributed by atoms with Crippen LogP contribution in [0.2, 0.25) is 10.0 Å². The smallest absolute Gasteiger partial charge is 0.0870 e. The van der Waals surface area contributed by atoms with Crippen molar-refractivity contribution in [1.82, 2.24) is 0 Å². The van der Waals surface area contributed by atoms with Gasteiger partial charge in [0.05, 0.1) is 16.1 Å². The molecule has 5 heteroatoms. The normalized spacial score (nSPS) is 14.0. The fourth-order valence-corrected chi connectivity index (χ4v) is 2.83. The fraction of sp³-hybridized carbons (Fsp3) is 0.250. The predicted molar refractivity (Wildman–Crippen MR) is 92.1 cm³/mol. The summed E-state index contributed by atoms with van der Waals surface area (Å²) in [5.41, 5.74) is 8.63. The molecule has 0 radical (unpaired) electrons. The van der Waals surface area contributed by atoms with Gasteiger partial charge in [-0.15, -0.1) is 0 Å². The molecule has 21 heavy (non-hydrogen) atoms. The van der Waals surface area contributed by atoms with Gasteiger partial charge < -0.3 is 10.8 Å². The molecule has 0 bridgehead atoms. The van der Waals surface area contributed by atoms with Crippen molar-refractivity contribution < 1.29 is 5.11 Å². The lowest BCUT2D eigenvalue weighted by molar-refractivity contribution is 0.147. The third-order valence-corrected chi connectivity index (χ3v) is 5.16. The lowest BCUT2D eigenvalue weighted by atomic mass is 9.89. The van der Waals surface area contributed by atoms with Crippen molar-refractivity contribution in [2.45, 2.75) is 18.9 Å². The molecule has 3 N–H and O–H groups in total. The first-order valence-electron chi connectivity index (χ1n) is 6.53. The highest BCUT2D eigenvalue weighted by molar-refractivity contribution is 9.10. The molecule has 0 saturated carbocycles. The van der Waals surface area contributed by atoms with E-state index in [9.17, 15) is 5.11 Å². The first kappa shape index (κ1) is 16.8. The van der Waals surface area contributed by atoms with Gasteiger partial charge in [0.15, 0.2) is 0 Å². The Kier molecular flexibility index (Phi) is 5.69. The van der Waals surface area contributed by atoms with E-state index in [1.807, 2.05) is 31.2 Å². The lowest BCUT2D eigenvalue weighted by Crippen LogP contribution is -2.20. The molecule has 2 aromatic carbocycles. The highest BCUT2D eigenvalue weighted by atomic mass is 79.9. The number of aliphatic hydroxyl groups is 1. The van der Waals surface area contributed by atoms with E-state index in [1.165, 1.54) is 0 Å². The van der Waals surface area contributed by atoms with Gasteiger partial charge in [0.25, 0.3) is 0 Å². The molecule has 0 saturated heterocycles. The van der Waals surface area contributed by atoms with Crippen molar-refractivity contribution in [2.24, 2.45) is 5.73 Å². The van der Waals surface area contributed by atoms with Crippen molar-refractivity contribution in [3.05, 3.63) is 67.6 Å². The van der Waals surface area contributed by atoms with E-state index < -0.39 is 6.10 Å². The summed E-state index contributed by atoms with van der Waals surface area (Å²) in [5.74, 6) is -0.236. The zero-order valence-corrected chi connectivity index (χ0v) is 14.6. The van der Waals surface area contributed by atoms with E-state index in [1.54, 1.807) is 12.1 Å². The van der Waals surface area contributed by atoms with Crippen LogP contribution in [-0.2, 0) is 0 Å². The minimum absolute atomic E-state index is 0.236. The Balaban J connectivity index is 2.35. The highest BCUT2D eigenvalue weighted by Gasteiger charge is 2.22. The van der Waals surface area contributed by atoms with Gasteiger partial charge in [0.1, 0.15) is 0 Å². The summed E-state index contributed by atoms with van der Waals surface area (Å²) in [5, 5.41) is 11.6. The van der Waals surface area contributed by atoms with Crippen molar-refractivity contribution in [3.8, 4) is 0 Å². The van der Waals surface area contributed by atoms with Gasteiger partial charge in [-0.05, 0) is 41.8 Å². The minimum atomic E-state index is -0.695. The van der Waals surface area contributed by atoms with Crippen LogP contribution in [0.25, 0.3) is 0 Å². The molecule has 112 valence electrons. The standard InChI is InChI=1S/C16H16BrCl2NO/c1-9-6-11(2-4-13(9)17)16(21)12(8-20)10-3-5-14(18)15(19)7-10/h2-7,12,16,21H,8,20H2,1H3. The molecule has 0 aliphatic heterocycles. The summed E-state index contributed by atoms with van der Waals surface area (Å²) in [6.45, 7) is 2.30. The third-order valence-electron chi connectivity index (χ3n) is 3.53. The van der Waals surface area contributed by atoms with Crippen LogP contribution in [0.5, 0.6) is 0 Å². The molecule has 2 rings (SSSR count). The summed E-state index contributed by atoms with van der Waals surface area (Å²) in [7, 11) is 0. The molecular weight excluding hydrogens is 373 g/mol. The van der Waals surface area contributed by atoms with E-state index in [-0.39, 0.29) is 5.92 Å². The molecule has 0 fully saturated rings. The number of nitrogens with two attached hydrogens (primary N) is 1. The number of benzene rings is 2. The molecule has 0 heterocycles. The van der Waals surface area contributed by atoms with Crippen LogP contribution in [0.15, 0.2) is 40.9 Å². The average Bonchev–Trinajstić information content (AvgIpc) is 2.46. The molecule has 0 aliphatic rings. The van der Waals surface area contributed by atoms with Crippen LogP contribution < -0.4 is 5.73 Å². The molecule has 0 amide bonds. The van der Waals surface area contributed by atoms with Crippen molar-refractivity contribution >= 4 is 39.1 Å². The maximum Gasteiger partial charge on any atom is 0.0870 e. The quantitative estimate of drug-likeness (QED) is 0.786. The van der Waals surface area contributed by atoms with Crippen LogP contribution in [0, 0.1) is 6.92 Å². The number of rotatable bonds is 4. The number of halogens is 3. The fourth-order valence-electron chi connectivity index (χ4n) is 2.27. The molecular formula is C16H16BrCl2NO. The largest absolute Gasteiger partial charge is 0.388 e. The summed E-state index contributed by atoms with van der Waals surface area (Å²) in [4.78, 5) is 0. The highest BCUT2D eigenvalue weighted by Crippen LogP contribution is 2.34. The summed E-state index contributed by atoms with van der Waals surface area (Å²) < 4.78 is 1.01.